The molecule has 0 amide bonds. The molecule has 1 unspecified atom stereocenters. The highest BCUT2D eigenvalue weighted by Crippen LogP contribution is 2.25. The lowest BCUT2D eigenvalue weighted by molar-refractivity contribution is 0.0264. The molecule has 0 saturated heterocycles. The first-order valence-electron chi connectivity index (χ1n) is 7.54. The minimum Gasteiger partial charge on any atom is -0.382 e. The van der Waals surface area contributed by atoms with Gasteiger partial charge in [0.1, 0.15) is 0 Å². The van der Waals surface area contributed by atoms with Gasteiger partial charge in [-0.3, -0.25) is 0 Å². The molecule has 0 aliphatic carbocycles. The topological polar surface area (TPSA) is 57.0 Å². The Kier molecular flexibility index (Phi) is 6.95. The van der Waals surface area contributed by atoms with E-state index in [0.29, 0.717) is 33.0 Å². The van der Waals surface area contributed by atoms with E-state index in [1.54, 1.807) is 7.11 Å². The predicted octanol–water partition coefficient (Wildman–Crippen LogP) is 1.06. The van der Waals surface area contributed by atoms with Crippen LogP contribution >= 0.6 is 0 Å². The fourth-order valence-corrected chi connectivity index (χ4v) is 2.57. The van der Waals surface area contributed by atoms with Crippen molar-refractivity contribution in [3.05, 3.63) is 29.8 Å². The smallest absolute Gasteiger partial charge is 0.0701 e. The Bertz CT molecular complexity index is 414. The van der Waals surface area contributed by atoms with Gasteiger partial charge in [-0.05, 0) is 18.1 Å². The van der Waals surface area contributed by atoms with Crippen LogP contribution in [-0.4, -0.2) is 59.3 Å². The van der Waals surface area contributed by atoms with E-state index in [-0.39, 0.29) is 6.04 Å². The molecule has 1 aromatic rings. The van der Waals surface area contributed by atoms with E-state index in [4.69, 9.17) is 19.9 Å². The zero-order valence-electron chi connectivity index (χ0n) is 12.8. The van der Waals surface area contributed by atoms with E-state index in [9.17, 15) is 0 Å². The van der Waals surface area contributed by atoms with Crippen LogP contribution in [0.2, 0.25) is 0 Å². The molecule has 5 nitrogen and oxygen atoms in total. The number of fused-ring (bicyclic) bond motifs is 1. The SMILES string of the molecule is COCCOCCOCCN1CC(N)Cc2ccccc21. The summed E-state index contributed by atoms with van der Waals surface area (Å²) in [5.74, 6) is 0. The van der Waals surface area contributed by atoms with Crippen LogP contribution in [0.15, 0.2) is 24.3 Å². The van der Waals surface area contributed by atoms with Gasteiger partial charge in [-0.1, -0.05) is 18.2 Å². The highest BCUT2D eigenvalue weighted by Gasteiger charge is 2.20. The lowest BCUT2D eigenvalue weighted by Gasteiger charge is -2.34. The second-order valence-electron chi connectivity index (χ2n) is 5.26. The van der Waals surface area contributed by atoms with Gasteiger partial charge in [0.15, 0.2) is 0 Å². The Hall–Kier alpha value is -1.14. The van der Waals surface area contributed by atoms with Gasteiger partial charge in [-0.25, -0.2) is 0 Å². The van der Waals surface area contributed by atoms with E-state index in [1.807, 2.05) is 0 Å². The molecule has 1 atom stereocenters. The quantitative estimate of drug-likeness (QED) is 0.690. The van der Waals surface area contributed by atoms with E-state index in [0.717, 1.165) is 19.5 Å². The first-order valence-corrected chi connectivity index (χ1v) is 7.54. The first-order chi connectivity index (χ1) is 10.3. The van der Waals surface area contributed by atoms with Crippen molar-refractivity contribution < 1.29 is 14.2 Å². The van der Waals surface area contributed by atoms with Crippen LogP contribution < -0.4 is 10.6 Å². The van der Waals surface area contributed by atoms with E-state index >= 15 is 0 Å². The Balaban J connectivity index is 1.67. The maximum atomic E-state index is 6.12. The Morgan fingerprint density at radius 1 is 1.10 bits per heavy atom. The number of para-hydroxylation sites is 1. The summed E-state index contributed by atoms with van der Waals surface area (Å²) in [7, 11) is 1.67. The second-order valence-corrected chi connectivity index (χ2v) is 5.26. The average Bonchev–Trinajstić information content (AvgIpc) is 2.49. The fourth-order valence-electron chi connectivity index (χ4n) is 2.57. The molecule has 0 bridgehead atoms. The number of methoxy groups -OCH3 is 1. The van der Waals surface area contributed by atoms with E-state index < -0.39 is 0 Å². The van der Waals surface area contributed by atoms with Crippen LogP contribution in [0.4, 0.5) is 5.69 Å². The number of nitrogens with zero attached hydrogens (tertiary/aromatic N) is 1. The van der Waals surface area contributed by atoms with Gasteiger partial charge in [-0.15, -0.1) is 0 Å². The summed E-state index contributed by atoms with van der Waals surface area (Å²) in [5.41, 5.74) is 8.75. The Morgan fingerprint density at radius 2 is 1.81 bits per heavy atom. The molecule has 5 heteroatoms. The molecule has 2 N–H and O–H groups in total. The van der Waals surface area contributed by atoms with Gasteiger partial charge in [0.25, 0.3) is 0 Å². The van der Waals surface area contributed by atoms with Gasteiger partial charge < -0.3 is 24.8 Å². The number of anilines is 1. The summed E-state index contributed by atoms with van der Waals surface area (Å²) < 4.78 is 15.9. The van der Waals surface area contributed by atoms with E-state index in [2.05, 4.69) is 29.2 Å². The zero-order chi connectivity index (χ0) is 14.9. The van der Waals surface area contributed by atoms with Gasteiger partial charge in [0.2, 0.25) is 0 Å². The predicted molar refractivity (Wildman–Crippen MR) is 83.8 cm³/mol. The molecule has 0 spiro atoms. The summed E-state index contributed by atoms with van der Waals surface area (Å²) in [4.78, 5) is 2.31. The number of ether oxygens (including phenoxy) is 3. The number of nitrogens with two attached hydrogens (primary N) is 1. The normalized spacial score (nSPS) is 17.8. The number of hydrogen-bond donors (Lipinski definition) is 1. The monoisotopic (exact) mass is 294 g/mol. The van der Waals surface area contributed by atoms with Crippen molar-refractivity contribution in [1.82, 2.24) is 0 Å². The third-order valence-corrected chi connectivity index (χ3v) is 3.58. The molecular formula is C16H26N2O3. The summed E-state index contributed by atoms with van der Waals surface area (Å²) in [6.45, 7) is 4.92. The van der Waals surface area contributed by atoms with Gasteiger partial charge in [-0.2, -0.15) is 0 Å². The van der Waals surface area contributed by atoms with Crippen molar-refractivity contribution in [3.63, 3.8) is 0 Å². The van der Waals surface area contributed by atoms with Crippen molar-refractivity contribution >= 4 is 5.69 Å². The Morgan fingerprint density at radius 3 is 2.62 bits per heavy atom. The standard InChI is InChI=1S/C16H26N2O3/c1-19-8-9-21-11-10-20-7-6-18-13-15(17)12-14-4-2-3-5-16(14)18/h2-5,15H,6-13,17H2,1H3. The summed E-state index contributed by atoms with van der Waals surface area (Å²) in [6, 6.07) is 8.68. The fraction of sp³-hybridized carbons (Fsp3) is 0.625. The van der Waals surface area contributed by atoms with Crippen molar-refractivity contribution in [3.8, 4) is 0 Å². The van der Waals surface area contributed by atoms with Crippen LogP contribution in [0.3, 0.4) is 0 Å². The summed E-state index contributed by atoms with van der Waals surface area (Å²) in [5, 5.41) is 0. The maximum Gasteiger partial charge on any atom is 0.0701 e. The van der Waals surface area contributed by atoms with Crippen LogP contribution in [0.1, 0.15) is 5.56 Å². The van der Waals surface area contributed by atoms with Crippen molar-refractivity contribution in [2.45, 2.75) is 12.5 Å². The molecule has 118 valence electrons. The van der Waals surface area contributed by atoms with Crippen molar-refractivity contribution in [1.29, 1.82) is 0 Å². The van der Waals surface area contributed by atoms with Crippen molar-refractivity contribution in [2.24, 2.45) is 5.73 Å². The van der Waals surface area contributed by atoms with E-state index in [1.165, 1.54) is 11.3 Å². The Labute approximate surface area is 127 Å². The molecule has 21 heavy (non-hydrogen) atoms. The largest absolute Gasteiger partial charge is 0.382 e. The molecule has 0 radical (unpaired) electrons. The highest BCUT2D eigenvalue weighted by atomic mass is 16.5. The zero-order valence-corrected chi connectivity index (χ0v) is 12.8. The third-order valence-electron chi connectivity index (χ3n) is 3.58. The lowest BCUT2D eigenvalue weighted by atomic mass is 9.98. The molecular weight excluding hydrogens is 268 g/mol. The average molecular weight is 294 g/mol. The molecule has 1 aromatic carbocycles. The van der Waals surface area contributed by atoms with Crippen LogP contribution in [0.25, 0.3) is 0 Å². The van der Waals surface area contributed by atoms with Gasteiger partial charge in [0, 0.05) is 31.9 Å². The molecule has 1 aliphatic heterocycles. The third kappa shape index (κ3) is 5.28. The van der Waals surface area contributed by atoms with Gasteiger partial charge >= 0.3 is 0 Å². The van der Waals surface area contributed by atoms with Crippen LogP contribution in [0.5, 0.6) is 0 Å². The number of rotatable bonds is 9. The maximum absolute atomic E-state index is 6.12. The lowest BCUT2D eigenvalue weighted by Crippen LogP contribution is -2.44. The summed E-state index contributed by atoms with van der Waals surface area (Å²) in [6.07, 6.45) is 0.959. The van der Waals surface area contributed by atoms with Crippen molar-refractivity contribution in [2.75, 3.05) is 58.1 Å². The second kappa shape index (κ2) is 9.00. The molecule has 1 heterocycles. The molecule has 1 aliphatic rings. The number of benzene rings is 1. The minimum absolute atomic E-state index is 0.206. The molecule has 0 saturated carbocycles. The van der Waals surface area contributed by atoms with Gasteiger partial charge in [0.05, 0.1) is 33.0 Å². The van der Waals surface area contributed by atoms with Crippen LogP contribution in [0, 0.1) is 0 Å². The minimum atomic E-state index is 0.206. The highest BCUT2D eigenvalue weighted by molar-refractivity contribution is 5.56. The molecule has 0 aromatic heterocycles. The summed E-state index contributed by atoms with van der Waals surface area (Å²) >= 11 is 0. The number of hydrogen-bond acceptors (Lipinski definition) is 5. The van der Waals surface area contributed by atoms with Crippen LogP contribution in [-0.2, 0) is 20.6 Å². The molecule has 2 rings (SSSR count). The first kappa shape index (κ1) is 16.2. The molecule has 0 fully saturated rings.